The van der Waals surface area contributed by atoms with Crippen molar-refractivity contribution in [2.24, 2.45) is 38.9 Å². The zero-order valence-electron chi connectivity index (χ0n) is 83.1. The lowest BCUT2D eigenvalue weighted by atomic mass is 9.87. The number of allylic oxidation sites excluding steroid dienone is 11. The second kappa shape index (κ2) is 40.0. The average Bonchev–Trinajstić information content (AvgIpc) is 1.63. The summed E-state index contributed by atoms with van der Waals surface area (Å²) in [6.45, 7) is 70.1. The quantitative estimate of drug-likeness (QED) is 0.131. The number of benzene rings is 8. The Morgan fingerprint density at radius 3 is 0.770 bits per heavy atom. The van der Waals surface area contributed by atoms with Crippen LogP contribution in [-0.4, -0.2) is 31.1 Å². The Morgan fingerprint density at radius 2 is 0.460 bits per heavy atom. The Balaban J connectivity index is 0.000000147. The Morgan fingerprint density at radius 1 is 0.222 bits per heavy atom. The molecule has 12 heteroatoms. The molecule has 8 aromatic carbocycles. The van der Waals surface area contributed by atoms with E-state index in [9.17, 15) is 0 Å². The summed E-state index contributed by atoms with van der Waals surface area (Å²) in [5.74, 6) is 7.77. The summed E-state index contributed by atoms with van der Waals surface area (Å²) in [5, 5.41) is 0. The molecule has 126 heavy (non-hydrogen) atoms. The second-order valence-electron chi connectivity index (χ2n) is 41.8. The van der Waals surface area contributed by atoms with E-state index in [1.165, 1.54) is 188 Å². The molecule has 6 atom stereocenters. The van der Waals surface area contributed by atoms with Gasteiger partial charge in [-0.3, -0.25) is 0 Å². The van der Waals surface area contributed by atoms with Gasteiger partial charge in [-0.2, -0.15) is 0 Å². The Labute approximate surface area is 761 Å². The molecule has 0 N–H and O–H groups in total. The van der Waals surface area contributed by atoms with E-state index in [2.05, 4.69) is 418 Å². The molecule has 0 amide bonds. The predicted octanol–water partition coefficient (Wildman–Crippen LogP) is 31.5. The van der Waals surface area contributed by atoms with Gasteiger partial charge >= 0.3 is 0 Å². The van der Waals surface area contributed by atoms with Crippen molar-refractivity contribution in [3.8, 4) is 0 Å². The minimum atomic E-state index is -0.0812. The highest BCUT2D eigenvalue weighted by Crippen LogP contribution is 2.51. The first kappa shape index (κ1) is 96.4. The van der Waals surface area contributed by atoms with E-state index in [0.717, 1.165) is 28.6 Å². The highest BCUT2D eigenvalue weighted by atomic mass is 16.5. The van der Waals surface area contributed by atoms with Gasteiger partial charge in [-0.25, -0.2) is 0 Å². The van der Waals surface area contributed by atoms with Crippen LogP contribution in [0.4, 0.5) is 34.1 Å². The Hall–Kier alpha value is -10.2. The minimum Gasteiger partial charge on any atom is -0.472 e. The number of anilines is 6. The van der Waals surface area contributed by atoms with E-state index in [1.807, 2.05) is 26.8 Å². The number of ether oxygens (including phenoxy) is 6. The van der Waals surface area contributed by atoms with Gasteiger partial charge in [0.2, 0.25) is 6.23 Å². The average molecular weight is 1700 g/mol. The lowest BCUT2D eigenvalue weighted by Crippen LogP contribution is -2.41. The van der Waals surface area contributed by atoms with Crippen molar-refractivity contribution < 1.29 is 28.4 Å². The van der Waals surface area contributed by atoms with Gasteiger partial charge < -0.3 is 57.8 Å². The largest absolute Gasteiger partial charge is 0.472 e. The number of aryl methyl sites for hydroxylation is 8. The molecule has 16 rings (SSSR count). The molecule has 6 heterocycles. The van der Waals surface area contributed by atoms with Crippen LogP contribution < -0.4 is 29.4 Å². The summed E-state index contributed by atoms with van der Waals surface area (Å²) in [4.78, 5) is 14.2. The van der Waals surface area contributed by atoms with Gasteiger partial charge in [0.25, 0.3) is 0 Å². The molecule has 0 radical (unpaired) electrons. The zero-order valence-corrected chi connectivity index (χ0v) is 83.1. The van der Waals surface area contributed by atoms with Crippen LogP contribution in [0.5, 0.6) is 0 Å². The molecule has 6 aliphatic heterocycles. The summed E-state index contributed by atoms with van der Waals surface area (Å²) >= 11 is 0. The van der Waals surface area contributed by atoms with E-state index < -0.39 is 0 Å². The maximum Gasteiger partial charge on any atom is 0.202 e. The van der Waals surface area contributed by atoms with Crippen LogP contribution in [0.25, 0.3) is 5.76 Å². The zero-order chi connectivity index (χ0) is 92.0. The summed E-state index contributed by atoms with van der Waals surface area (Å²) in [7, 11) is 0. The summed E-state index contributed by atoms with van der Waals surface area (Å²) in [6.07, 6.45) is 12.1. The summed E-state index contributed by atoms with van der Waals surface area (Å²) in [5.41, 5.74) is 27.9. The first-order valence-electron chi connectivity index (χ1n) is 46.7. The van der Waals surface area contributed by atoms with Crippen molar-refractivity contribution in [2.75, 3.05) is 29.4 Å². The molecular weight excluding hydrogens is 1550 g/mol. The van der Waals surface area contributed by atoms with Crippen LogP contribution in [0.3, 0.4) is 0 Å². The maximum absolute atomic E-state index is 6.61. The van der Waals surface area contributed by atoms with Crippen molar-refractivity contribution in [1.82, 2.24) is 0 Å². The molecule has 0 saturated heterocycles. The fourth-order valence-electron chi connectivity index (χ4n) is 18.9. The van der Waals surface area contributed by atoms with Crippen molar-refractivity contribution in [3.63, 3.8) is 0 Å². The fraction of sp³-hybridized carbons (Fsp3) is 0.474. The van der Waals surface area contributed by atoms with Gasteiger partial charge in [-0.1, -0.05) is 294 Å². The molecule has 8 aliphatic rings. The molecule has 8 aromatic rings. The number of hydrogen-bond acceptors (Lipinski definition) is 12. The van der Waals surface area contributed by atoms with E-state index in [0.29, 0.717) is 11.8 Å². The van der Waals surface area contributed by atoms with Crippen LogP contribution >= 0.6 is 0 Å². The highest BCUT2D eigenvalue weighted by Gasteiger charge is 2.47. The maximum atomic E-state index is 6.61. The second-order valence-corrected chi connectivity index (χ2v) is 41.8. The van der Waals surface area contributed by atoms with Crippen molar-refractivity contribution in [2.45, 2.75) is 317 Å². The Kier molecular flexibility index (Phi) is 30.6. The van der Waals surface area contributed by atoms with Gasteiger partial charge in [0, 0.05) is 84.2 Å². The van der Waals surface area contributed by atoms with Gasteiger partial charge in [-0.05, 0) is 224 Å². The summed E-state index contributed by atoms with van der Waals surface area (Å²) in [6, 6.07) is 68.1. The highest BCUT2D eigenvalue weighted by molar-refractivity contribution is 5.74. The first-order valence-corrected chi connectivity index (χ1v) is 46.7. The SMILES string of the molecule is CC1=C(C)N(c2ccccc2C)C(C(C)(C)C)O1.CC1=C(C)N(c2ccccc2C)C(C(C)(C)C)O1.CC1=C(C)N(c2ccccc2C)C(c2c(C)cccc2C)O1.CC1=C(C2CCCC2)OC(C(C)(C)C)N1c1ccccc1C.CC1=C(C2CCCCC2)OC(C(C)(C)C)N1c1ccccc1C.CC1=C(c2ccccc2)OC(C(C)(C)C)N1c1ccccc1C. The normalized spacial score (nSPS) is 20.6. The number of para-hydroxylation sites is 6. The smallest absolute Gasteiger partial charge is 0.202 e. The number of nitrogens with zero attached hydrogens (tertiary/aromatic N) is 6. The Bertz CT molecular complexity index is 5170. The molecule has 0 bridgehead atoms. The third-order valence-electron chi connectivity index (χ3n) is 26.2. The topological polar surface area (TPSA) is 74.8 Å². The van der Waals surface area contributed by atoms with Crippen molar-refractivity contribution in [1.29, 1.82) is 0 Å². The van der Waals surface area contributed by atoms with Gasteiger partial charge in [0.15, 0.2) is 31.1 Å². The molecule has 0 aromatic heterocycles. The standard InChI is InChI=1S/C21H31NO.C21H25NO.C20H29NO.C20H23NO.2C16H23NO/c2*1-15-11-9-10-14-18(15)22-16(2)19(17-12-7-6-8-13-17)23-20(22)21(3,4)5;1-14-10-6-9-13-17(14)21-15(2)18(16-11-7-8-12-16)22-19(21)20(3,4)5;1-13-9-6-7-12-18(13)21-16(4)17(5)22-20(21)19-14(2)10-8-11-15(19)3;2*1-11-9-7-8-10-14(11)17-12(2)13(3)18-15(17)16(4,5)6/h9-11,14,17,20H,6-8,12-13H2,1-5H3;6-14,20H,1-5H3;6,9-10,13,16,19H,7-8,11-12H2,1-5H3;6-12,20H,1-5H3;2*7-10,15H,1-6H3. The van der Waals surface area contributed by atoms with E-state index in [1.54, 1.807) is 0 Å². The number of hydrogen-bond donors (Lipinski definition) is 0. The predicted molar refractivity (Wildman–Crippen MR) is 531 cm³/mol. The third kappa shape index (κ3) is 21.6. The molecular formula is C114H154N6O6. The molecule has 0 spiro atoms. The van der Waals surface area contributed by atoms with Crippen LogP contribution in [0.1, 0.15) is 286 Å². The monoisotopic (exact) mass is 1700 g/mol. The minimum absolute atomic E-state index is 0.0000712. The molecule has 12 nitrogen and oxygen atoms in total. The molecule has 2 fully saturated rings. The molecule has 2 aliphatic carbocycles. The van der Waals surface area contributed by atoms with Crippen molar-refractivity contribution >= 4 is 39.9 Å². The van der Waals surface area contributed by atoms with Gasteiger partial charge in [-0.15, -0.1) is 0 Å². The third-order valence-corrected chi connectivity index (χ3v) is 26.2. The van der Waals surface area contributed by atoms with Crippen LogP contribution in [0, 0.1) is 94.3 Å². The fourth-order valence-corrected chi connectivity index (χ4v) is 18.9. The lowest BCUT2D eigenvalue weighted by molar-refractivity contribution is 0.0332. The summed E-state index contributed by atoms with van der Waals surface area (Å²) < 4.78 is 38.0. The van der Waals surface area contributed by atoms with Crippen LogP contribution in [0.2, 0.25) is 0 Å². The molecule has 6 unspecified atom stereocenters. The number of rotatable bonds is 10. The molecule has 2 saturated carbocycles. The van der Waals surface area contributed by atoms with Crippen LogP contribution in [-0.2, 0) is 28.4 Å². The van der Waals surface area contributed by atoms with Gasteiger partial charge in [0.05, 0.1) is 34.2 Å². The van der Waals surface area contributed by atoms with Gasteiger partial charge in [0.1, 0.15) is 34.6 Å². The van der Waals surface area contributed by atoms with E-state index >= 15 is 0 Å². The lowest BCUT2D eigenvalue weighted by Gasteiger charge is -2.36. The van der Waals surface area contributed by atoms with E-state index in [-0.39, 0.29) is 64.4 Å². The first-order chi connectivity index (χ1) is 59.3. The van der Waals surface area contributed by atoms with Crippen molar-refractivity contribution in [3.05, 3.63) is 313 Å². The molecule has 676 valence electrons. The van der Waals surface area contributed by atoms with E-state index in [4.69, 9.17) is 28.4 Å². The van der Waals surface area contributed by atoms with Crippen LogP contribution in [0.15, 0.2) is 257 Å².